The summed E-state index contributed by atoms with van der Waals surface area (Å²) in [6.07, 6.45) is 0. The molecule has 0 saturated carbocycles. The van der Waals surface area contributed by atoms with Gasteiger partial charge in [0.25, 0.3) is 0 Å². The fraction of sp³-hybridized carbons (Fsp3) is 0.500. The fourth-order valence-corrected chi connectivity index (χ4v) is 2.72. The molecule has 3 nitrogen and oxygen atoms in total. The maximum absolute atomic E-state index is 5.63. The molecule has 0 aliphatic rings. The Hall–Kier alpha value is -1.48. The highest BCUT2D eigenvalue weighted by Crippen LogP contribution is 2.35. The van der Waals surface area contributed by atoms with Gasteiger partial charge in [0.2, 0.25) is 0 Å². The van der Waals surface area contributed by atoms with Gasteiger partial charge in [-0.25, -0.2) is 0 Å². The Kier molecular flexibility index (Phi) is 3.59. The molecule has 19 heavy (non-hydrogen) atoms. The number of hydrogen-bond acceptors (Lipinski definition) is 2. The molecule has 0 aliphatic heterocycles. The van der Waals surface area contributed by atoms with E-state index in [0.717, 1.165) is 5.75 Å². The lowest BCUT2D eigenvalue weighted by Crippen LogP contribution is -2.33. The average Bonchev–Trinajstić information content (AvgIpc) is 2.62. The summed E-state index contributed by atoms with van der Waals surface area (Å²) in [5, 5.41) is 4.67. The predicted molar refractivity (Wildman–Crippen MR) is 80.9 cm³/mol. The lowest BCUT2D eigenvalue weighted by molar-refractivity contribution is 0.340. The zero-order valence-corrected chi connectivity index (χ0v) is 12.8. The number of ether oxygens (including phenoxy) is 1. The van der Waals surface area contributed by atoms with Gasteiger partial charge in [-0.1, -0.05) is 0 Å². The van der Waals surface area contributed by atoms with Crippen LogP contribution >= 0.6 is 0 Å². The van der Waals surface area contributed by atoms with Gasteiger partial charge in [-0.05, 0) is 52.9 Å². The average molecular weight is 260 g/mol. The van der Waals surface area contributed by atoms with Crippen molar-refractivity contribution < 1.29 is 4.74 Å². The first-order valence-corrected chi connectivity index (χ1v) is 6.83. The molecule has 0 bridgehead atoms. The second-order valence-electron chi connectivity index (χ2n) is 5.51. The number of hydrogen-bond donors (Lipinski definition) is 1. The van der Waals surface area contributed by atoms with Crippen molar-refractivity contribution in [3.05, 3.63) is 29.5 Å². The van der Waals surface area contributed by atoms with Gasteiger partial charge in [0.1, 0.15) is 5.75 Å². The van der Waals surface area contributed by atoms with Crippen molar-refractivity contribution in [1.82, 2.24) is 9.88 Å². The maximum atomic E-state index is 5.63. The van der Waals surface area contributed by atoms with Gasteiger partial charge in [-0.2, -0.15) is 0 Å². The molecular weight excluding hydrogens is 236 g/mol. The summed E-state index contributed by atoms with van der Waals surface area (Å²) in [5.74, 6) is 0.939. The first kappa shape index (κ1) is 13.9. The second kappa shape index (κ2) is 4.89. The Balaban J connectivity index is 2.74. The van der Waals surface area contributed by atoms with E-state index in [1.54, 1.807) is 0 Å². The highest BCUT2D eigenvalue weighted by atomic mass is 16.5. The molecule has 0 fully saturated rings. The summed E-state index contributed by atoms with van der Waals surface area (Å²) in [7, 11) is 4.12. The number of aryl methyl sites for hydroxylation is 1. The predicted octanol–water partition coefficient (Wildman–Crippen LogP) is 3.34. The van der Waals surface area contributed by atoms with Crippen LogP contribution in [0.15, 0.2) is 18.2 Å². The van der Waals surface area contributed by atoms with E-state index in [1.165, 1.54) is 22.2 Å². The molecule has 1 aromatic heterocycles. The van der Waals surface area contributed by atoms with Crippen molar-refractivity contribution in [1.29, 1.82) is 0 Å². The number of fused-ring (bicyclic) bond motifs is 1. The van der Waals surface area contributed by atoms with E-state index in [9.17, 15) is 0 Å². The van der Waals surface area contributed by atoms with Crippen LogP contribution in [0, 0.1) is 6.92 Å². The smallest absolute Gasteiger partial charge is 0.120 e. The van der Waals surface area contributed by atoms with Crippen LogP contribution in [0.1, 0.15) is 32.0 Å². The molecule has 1 N–H and O–H groups in total. The Morgan fingerprint density at radius 1 is 1.32 bits per heavy atom. The van der Waals surface area contributed by atoms with E-state index in [2.05, 4.69) is 49.8 Å². The lowest BCUT2D eigenvalue weighted by atomic mass is 9.91. The van der Waals surface area contributed by atoms with Crippen LogP contribution in [-0.4, -0.2) is 18.2 Å². The third-order valence-electron chi connectivity index (χ3n) is 4.02. The number of aromatic nitrogens is 1. The Morgan fingerprint density at radius 2 is 2.00 bits per heavy atom. The second-order valence-corrected chi connectivity index (χ2v) is 5.51. The third kappa shape index (κ3) is 2.23. The molecular formula is C16H24N2O. The Morgan fingerprint density at radius 3 is 2.58 bits per heavy atom. The zero-order chi connectivity index (χ0) is 14.2. The number of nitrogens with one attached hydrogen (secondary N) is 1. The molecule has 0 spiro atoms. The zero-order valence-electron chi connectivity index (χ0n) is 12.8. The molecule has 0 atom stereocenters. The molecule has 1 heterocycles. The van der Waals surface area contributed by atoms with Crippen LogP contribution < -0.4 is 10.1 Å². The van der Waals surface area contributed by atoms with Crippen molar-refractivity contribution in [3.8, 4) is 5.75 Å². The van der Waals surface area contributed by atoms with Crippen molar-refractivity contribution in [2.75, 3.05) is 13.7 Å². The third-order valence-corrected chi connectivity index (χ3v) is 4.02. The molecule has 0 aliphatic carbocycles. The van der Waals surface area contributed by atoms with Crippen LogP contribution in [0.5, 0.6) is 5.75 Å². The topological polar surface area (TPSA) is 26.2 Å². The van der Waals surface area contributed by atoms with E-state index in [4.69, 9.17) is 4.74 Å². The van der Waals surface area contributed by atoms with Crippen LogP contribution in [0.3, 0.4) is 0 Å². The first-order chi connectivity index (χ1) is 8.92. The van der Waals surface area contributed by atoms with Gasteiger partial charge in [0.15, 0.2) is 0 Å². The van der Waals surface area contributed by atoms with E-state index in [0.29, 0.717) is 6.61 Å². The quantitative estimate of drug-likeness (QED) is 0.912. The van der Waals surface area contributed by atoms with Gasteiger partial charge in [0.05, 0.1) is 6.61 Å². The molecule has 0 amide bonds. The van der Waals surface area contributed by atoms with Gasteiger partial charge >= 0.3 is 0 Å². The lowest BCUT2D eigenvalue weighted by Gasteiger charge is -2.25. The van der Waals surface area contributed by atoms with E-state index >= 15 is 0 Å². The van der Waals surface area contributed by atoms with E-state index in [1.807, 2.05) is 20.0 Å². The maximum Gasteiger partial charge on any atom is 0.120 e. The summed E-state index contributed by atoms with van der Waals surface area (Å²) in [5.41, 5.74) is 3.82. The van der Waals surface area contributed by atoms with Crippen LogP contribution in [0.2, 0.25) is 0 Å². The monoisotopic (exact) mass is 260 g/mol. The number of benzene rings is 1. The molecule has 3 heteroatoms. The van der Waals surface area contributed by atoms with Gasteiger partial charge in [-0.3, -0.25) is 0 Å². The molecule has 1 aromatic carbocycles. The first-order valence-electron chi connectivity index (χ1n) is 6.83. The van der Waals surface area contributed by atoms with Crippen LogP contribution in [-0.2, 0) is 12.6 Å². The highest BCUT2D eigenvalue weighted by molar-refractivity contribution is 5.87. The largest absolute Gasteiger partial charge is 0.494 e. The normalized spacial score (nSPS) is 12.1. The van der Waals surface area contributed by atoms with Crippen LogP contribution in [0.25, 0.3) is 10.9 Å². The summed E-state index contributed by atoms with van der Waals surface area (Å²) >= 11 is 0. The SMILES string of the molecule is CCOc1ccc2c(c1)c(C(C)(C)NC)c(C)n2C. The van der Waals surface area contributed by atoms with E-state index in [-0.39, 0.29) is 5.54 Å². The van der Waals surface area contributed by atoms with Gasteiger partial charge in [-0.15, -0.1) is 0 Å². The minimum atomic E-state index is -0.0611. The summed E-state index contributed by atoms with van der Waals surface area (Å²) in [6.45, 7) is 9.31. The summed E-state index contributed by atoms with van der Waals surface area (Å²) < 4.78 is 7.88. The number of nitrogens with zero attached hydrogens (tertiary/aromatic N) is 1. The molecule has 0 radical (unpaired) electrons. The summed E-state index contributed by atoms with van der Waals surface area (Å²) in [4.78, 5) is 0. The fourth-order valence-electron chi connectivity index (χ4n) is 2.72. The van der Waals surface area contributed by atoms with Crippen molar-refractivity contribution in [3.63, 3.8) is 0 Å². The molecule has 2 rings (SSSR count). The van der Waals surface area contributed by atoms with Crippen molar-refractivity contribution >= 4 is 10.9 Å². The van der Waals surface area contributed by atoms with Crippen molar-refractivity contribution in [2.24, 2.45) is 7.05 Å². The number of rotatable bonds is 4. The minimum absolute atomic E-state index is 0.0611. The molecule has 0 saturated heterocycles. The molecule has 2 aromatic rings. The van der Waals surface area contributed by atoms with Gasteiger partial charge < -0.3 is 14.6 Å². The van der Waals surface area contributed by atoms with E-state index < -0.39 is 0 Å². The standard InChI is InChI=1S/C16H24N2O/c1-7-19-12-8-9-14-13(10-12)15(11(2)18(14)6)16(3,4)17-5/h8-10,17H,7H2,1-6H3. The summed E-state index contributed by atoms with van der Waals surface area (Å²) in [6, 6.07) is 6.34. The molecule has 104 valence electrons. The minimum Gasteiger partial charge on any atom is -0.494 e. The molecule has 0 unspecified atom stereocenters. The van der Waals surface area contributed by atoms with Crippen LogP contribution in [0.4, 0.5) is 0 Å². The Labute approximate surface area is 115 Å². The Bertz CT molecular complexity index is 596. The highest BCUT2D eigenvalue weighted by Gasteiger charge is 2.26. The van der Waals surface area contributed by atoms with Crippen molar-refractivity contribution in [2.45, 2.75) is 33.2 Å². The van der Waals surface area contributed by atoms with Gasteiger partial charge in [0, 0.05) is 34.7 Å².